The molecule has 6 atom stereocenters. The third-order valence-corrected chi connectivity index (χ3v) is 16.6. The standard InChI is InChI=1S/C60H53BN2/c1-59(2)48-26-13-11-22-44(48)46-34-32-40(36-50(46)59)62-52-28-15-24-42(38-18-7-5-8-19-38)56(52)61-57-43(39-20-9-6-10-21-39)25-16-29-53(57)63(55-31-17-30-54(62)58(55)61)41-33-35-47-45-23-12-14-27-49(45)60(3,4)51(47)37-41/h5-32,34,36-37,41,46-47,50,52,56H,33,35H2,1-4H3. The lowest BCUT2D eigenvalue weighted by molar-refractivity contribution is 0.391. The van der Waals surface area contributed by atoms with Crippen LogP contribution in [0.5, 0.6) is 0 Å². The summed E-state index contributed by atoms with van der Waals surface area (Å²) >= 11 is 0. The van der Waals surface area contributed by atoms with Crippen molar-refractivity contribution >= 4 is 40.3 Å². The van der Waals surface area contributed by atoms with Crippen molar-refractivity contribution in [3.63, 3.8) is 0 Å². The molecule has 63 heavy (non-hydrogen) atoms. The van der Waals surface area contributed by atoms with E-state index < -0.39 is 0 Å². The van der Waals surface area contributed by atoms with Crippen molar-refractivity contribution in [2.24, 2.45) is 5.92 Å². The zero-order valence-electron chi connectivity index (χ0n) is 36.7. The summed E-state index contributed by atoms with van der Waals surface area (Å²) in [6.07, 6.45) is 19.9. The molecule has 5 aliphatic carbocycles. The molecule has 306 valence electrons. The van der Waals surface area contributed by atoms with Gasteiger partial charge in [0.05, 0.1) is 12.1 Å². The molecule has 0 radical (unpaired) electrons. The molecule has 0 saturated heterocycles. The number of rotatable bonds is 4. The van der Waals surface area contributed by atoms with Crippen LogP contribution in [-0.2, 0) is 10.8 Å². The molecular formula is C60H53BN2. The molecule has 2 nitrogen and oxygen atoms in total. The molecule has 0 spiro atoms. The second kappa shape index (κ2) is 13.6. The molecule has 3 heteroatoms. The summed E-state index contributed by atoms with van der Waals surface area (Å²) in [6, 6.07) is 55.7. The Hall–Kier alpha value is -6.32. The summed E-state index contributed by atoms with van der Waals surface area (Å²) < 4.78 is 0. The van der Waals surface area contributed by atoms with Gasteiger partial charge < -0.3 is 9.80 Å². The van der Waals surface area contributed by atoms with Gasteiger partial charge in [-0.1, -0.05) is 197 Å². The Kier molecular flexibility index (Phi) is 8.04. The fraction of sp³-hybridized carbons (Fsp3) is 0.233. The van der Waals surface area contributed by atoms with E-state index in [-0.39, 0.29) is 35.4 Å². The van der Waals surface area contributed by atoms with E-state index in [2.05, 4.69) is 226 Å². The van der Waals surface area contributed by atoms with E-state index in [1.807, 2.05) is 0 Å². The van der Waals surface area contributed by atoms with E-state index in [0.717, 1.165) is 12.8 Å². The van der Waals surface area contributed by atoms with Crippen LogP contribution < -0.4 is 20.7 Å². The maximum absolute atomic E-state index is 2.79. The molecule has 7 aliphatic rings. The van der Waals surface area contributed by atoms with Crippen LogP contribution in [0.3, 0.4) is 0 Å². The predicted molar refractivity (Wildman–Crippen MR) is 265 cm³/mol. The Morgan fingerprint density at radius 2 is 1.22 bits per heavy atom. The summed E-state index contributed by atoms with van der Waals surface area (Å²) in [7, 11) is 0. The topological polar surface area (TPSA) is 6.48 Å². The highest BCUT2D eigenvalue weighted by molar-refractivity contribution is 6.93. The predicted octanol–water partition coefficient (Wildman–Crippen LogP) is 12.9. The summed E-state index contributed by atoms with van der Waals surface area (Å²) in [5.41, 5.74) is 21.3. The number of nitrogens with zero attached hydrogens (tertiary/aromatic N) is 2. The highest BCUT2D eigenvalue weighted by atomic mass is 15.2. The van der Waals surface area contributed by atoms with E-state index in [4.69, 9.17) is 0 Å². The number of benzene rings is 6. The molecule has 0 fully saturated rings. The minimum absolute atomic E-state index is 0.0117. The minimum Gasteiger partial charge on any atom is -0.335 e. The van der Waals surface area contributed by atoms with E-state index in [0.29, 0.717) is 17.8 Å². The van der Waals surface area contributed by atoms with Crippen LogP contribution in [0.25, 0.3) is 16.7 Å². The molecule has 2 heterocycles. The molecule has 6 aromatic rings. The molecule has 13 rings (SSSR count). The molecule has 6 unspecified atom stereocenters. The van der Waals surface area contributed by atoms with Crippen LogP contribution in [0.1, 0.15) is 80.2 Å². The molecule has 0 saturated carbocycles. The highest BCUT2D eigenvalue weighted by Gasteiger charge is 2.54. The number of allylic oxidation sites excluding steroid dienone is 6. The average Bonchev–Trinajstić information content (AvgIpc) is 3.70. The van der Waals surface area contributed by atoms with Crippen molar-refractivity contribution in [3.05, 3.63) is 227 Å². The summed E-state index contributed by atoms with van der Waals surface area (Å²) in [6.45, 7) is 9.98. The van der Waals surface area contributed by atoms with Gasteiger partial charge in [-0.25, -0.2) is 0 Å². The lowest BCUT2D eigenvalue weighted by Gasteiger charge is -2.53. The summed E-state index contributed by atoms with van der Waals surface area (Å²) in [4.78, 5) is 5.55. The van der Waals surface area contributed by atoms with Crippen LogP contribution in [-0.4, -0.2) is 18.8 Å². The van der Waals surface area contributed by atoms with Gasteiger partial charge in [-0.3, -0.25) is 0 Å². The number of hydrogen-bond acceptors (Lipinski definition) is 2. The summed E-state index contributed by atoms with van der Waals surface area (Å²) in [5.74, 6) is 1.39. The van der Waals surface area contributed by atoms with Crippen LogP contribution in [0.4, 0.5) is 17.1 Å². The molecule has 0 aromatic heterocycles. The lowest BCUT2D eigenvalue weighted by Crippen LogP contribution is -2.64. The number of anilines is 3. The molecule has 0 bridgehead atoms. The Labute approximate surface area is 373 Å². The van der Waals surface area contributed by atoms with Gasteiger partial charge in [-0.15, -0.1) is 0 Å². The summed E-state index contributed by atoms with van der Waals surface area (Å²) in [5, 5.41) is 0. The van der Waals surface area contributed by atoms with Crippen LogP contribution in [0.2, 0.25) is 5.82 Å². The van der Waals surface area contributed by atoms with Gasteiger partial charge in [-0.05, 0) is 110 Å². The van der Waals surface area contributed by atoms with Gasteiger partial charge >= 0.3 is 0 Å². The smallest absolute Gasteiger partial charge is 0.228 e. The lowest BCUT2D eigenvalue weighted by atomic mass is 9.27. The molecular weight excluding hydrogens is 759 g/mol. The van der Waals surface area contributed by atoms with E-state index in [9.17, 15) is 0 Å². The van der Waals surface area contributed by atoms with Crippen molar-refractivity contribution in [1.29, 1.82) is 0 Å². The van der Waals surface area contributed by atoms with Crippen LogP contribution in [0, 0.1) is 5.92 Å². The normalized spacial score (nSPS) is 26.0. The average molecular weight is 813 g/mol. The minimum atomic E-state index is -0.0117. The van der Waals surface area contributed by atoms with Crippen molar-refractivity contribution in [1.82, 2.24) is 0 Å². The maximum Gasteiger partial charge on any atom is 0.228 e. The fourth-order valence-corrected chi connectivity index (χ4v) is 13.9. The first-order valence-electron chi connectivity index (χ1n) is 23.5. The van der Waals surface area contributed by atoms with Crippen molar-refractivity contribution < 1.29 is 0 Å². The Morgan fingerprint density at radius 1 is 0.571 bits per heavy atom. The monoisotopic (exact) mass is 812 g/mol. The van der Waals surface area contributed by atoms with Gasteiger partial charge in [0, 0.05) is 40.0 Å². The van der Waals surface area contributed by atoms with Gasteiger partial charge in [0.1, 0.15) is 0 Å². The van der Waals surface area contributed by atoms with Gasteiger partial charge in [0.2, 0.25) is 6.71 Å². The van der Waals surface area contributed by atoms with Crippen LogP contribution in [0.15, 0.2) is 199 Å². The first kappa shape index (κ1) is 37.3. The largest absolute Gasteiger partial charge is 0.335 e. The third kappa shape index (κ3) is 5.20. The van der Waals surface area contributed by atoms with Crippen LogP contribution >= 0.6 is 0 Å². The maximum atomic E-state index is 2.79. The Balaban J connectivity index is 1.06. The molecule has 0 amide bonds. The van der Waals surface area contributed by atoms with Crippen molar-refractivity contribution in [2.45, 2.75) is 81.1 Å². The SMILES string of the molecule is CC1(C)C2=CC(N3c4cccc(-c5ccccc5)c4B4c5c(cccc53)N(C3=CC5C(C=C3)c3ccccc3C5(C)C)C3C=CC=C(c5ccccc5)C43)CCC2c2ccccc21. The zero-order valence-corrected chi connectivity index (χ0v) is 36.7. The Morgan fingerprint density at radius 3 is 2.00 bits per heavy atom. The molecule has 2 aliphatic heterocycles. The van der Waals surface area contributed by atoms with E-state index in [1.54, 1.807) is 5.57 Å². The van der Waals surface area contributed by atoms with E-state index in [1.165, 1.54) is 78.2 Å². The van der Waals surface area contributed by atoms with E-state index >= 15 is 0 Å². The first-order valence-corrected chi connectivity index (χ1v) is 23.5. The van der Waals surface area contributed by atoms with Gasteiger partial charge in [-0.2, -0.15) is 0 Å². The molecule has 6 aromatic carbocycles. The molecule has 0 N–H and O–H groups in total. The fourth-order valence-electron chi connectivity index (χ4n) is 13.9. The number of hydrogen-bond donors (Lipinski definition) is 0. The van der Waals surface area contributed by atoms with Crippen molar-refractivity contribution in [3.8, 4) is 11.1 Å². The second-order valence-corrected chi connectivity index (χ2v) is 20.3. The quantitative estimate of drug-likeness (QED) is 0.129. The highest BCUT2D eigenvalue weighted by Crippen LogP contribution is 2.58. The van der Waals surface area contributed by atoms with Crippen molar-refractivity contribution in [2.75, 3.05) is 9.80 Å². The first-order chi connectivity index (χ1) is 30.8. The third-order valence-electron chi connectivity index (χ3n) is 16.6. The zero-order chi connectivity index (χ0) is 42.2. The Bertz CT molecular complexity index is 3020. The number of fused-ring (bicyclic) bond motifs is 10. The van der Waals surface area contributed by atoms with Gasteiger partial charge in [0.25, 0.3) is 0 Å². The second-order valence-electron chi connectivity index (χ2n) is 20.3. The van der Waals surface area contributed by atoms with Gasteiger partial charge in [0.15, 0.2) is 0 Å².